The molecule has 5 heteroatoms. The lowest BCUT2D eigenvalue weighted by atomic mass is 9.97. The summed E-state index contributed by atoms with van der Waals surface area (Å²) in [6.07, 6.45) is 4.74. The topological polar surface area (TPSA) is 49.9 Å². The zero-order chi connectivity index (χ0) is 21.6. The molecule has 2 aliphatic heterocycles. The molecule has 1 atom stereocenters. The number of nitrogens with zero attached hydrogens (tertiary/aromatic N) is 2. The van der Waals surface area contributed by atoms with Gasteiger partial charge in [-0.25, -0.2) is 0 Å². The summed E-state index contributed by atoms with van der Waals surface area (Å²) in [6.45, 7) is 5.94. The van der Waals surface area contributed by atoms with Crippen LogP contribution in [0.4, 0.5) is 0 Å². The monoisotopic (exact) mass is 420 g/mol. The molecule has 0 bridgehead atoms. The zero-order valence-electron chi connectivity index (χ0n) is 18.4. The summed E-state index contributed by atoms with van der Waals surface area (Å²) in [5.74, 6) is 1.42. The van der Waals surface area contributed by atoms with Crippen LogP contribution in [0.1, 0.15) is 47.2 Å². The third-order valence-electron chi connectivity index (χ3n) is 6.45. The van der Waals surface area contributed by atoms with Crippen LogP contribution in [0, 0.1) is 12.8 Å². The number of ether oxygens (including phenoxy) is 1. The van der Waals surface area contributed by atoms with E-state index in [-0.39, 0.29) is 11.8 Å². The van der Waals surface area contributed by atoms with E-state index >= 15 is 0 Å². The minimum Gasteiger partial charge on any atom is -0.493 e. The van der Waals surface area contributed by atoms with Gasteiger partial charge in [-0.05, 0) is 68.0 Å². The van der Waals surface area contributed by atoms with Gasteiger partial charge >= 0.3 is 0 Å². The van der Waals surface area contributed by atoms with E-state index in [2.05, 4.69) is 13.0 Å². The van der Waals surface area contributed by atoms with Gasteiger partial charge in [0.25, 0.3) is 5.91 Å². The van der Waals surface area contributed by atoms with Crippen molar-refractivity contribution in [3.8, 4) is 5.75 Å². The second-order valence-corrected chi connectivity index (χ2v) is 8.79. The van der Waals surface area contributed by atoms with E-state index in [4.69, 9.17) is 4.74 Å². The Hall–Kier alpha value is -2.82. The first kappa shape index (κ1) is 21.4. The fraction of sp³-hybridized carbons (Fsp3) is 0.462. The molecule has 0 aliphatic carbocycles. The second-order valence-electron chi connectivity index (χ2n) is 8.79. The van der Waals surface area contributed by atoms with E-state index < -0.39 is 0 Å². The van der Waals surface area contributed by atoms with Crippen molar-refractivity contribution in [3.05, 3.63) is 65.2 Å². The van der Waals surface area contributed by atoms with Gasteiger partial charge in [0.2, 0.25) is 5.91 Å². The highest BCUT2D eigenvalue weighted by molar-refractivity contribution is 5.94. The van der Waals surface area contributed by atoms with Crippen molar-refractivity contribution in [3.63, 3.8) is 0 Å². The van der Waals surface area contributed by atoms with Gasteiger partial charge < -0.3 is 14.5 Å². The Morgan fingerprint density at radius 1 is 0.935 bits per heavy atom. The van der Waals surface area contributed by atoms with Crippen molar-refractivity contribution >= 4 is 11.8 Å². The van der Waals surface area contributed by atoms with Gasteiger partial charge in [-0.1, -0.05) is 24.3 Å². The van der Waals surface area contributed by atoms with Crippen LogP contribution in [0.25, 0.3) is 0 Å². The summed E-state index contributed by atoms with van der Waals surface area (Å²) < 4.78 is 6.01. The molecule has 0 N–H and O–H groups in total. The Morgan fingerprint density at radius 2 is 1.65 bits per heavy atom. The maximum Gasteiger partial charge on any atom is 0.253 e. The maximum atomic E-state index is 12.8. The Bertz CT molecular complexity index is 903. The molecule has 2 amide bonds. The molecule has 2 heterocycles. The summed E-state index contributed by atoms with van der Waals surface area (Å²) in [5, 5.41) is 0. The average molecular weight is 421 g/mol. The van der Waals surface area contributed by atoms with Crippen LogP contribution in [0.5, 0.6) is 5.75 Å². The molecule has 2 saturated heterocycles. The maximum absolute atomic E-state index is 12.8. The molecule has 0 aromatic heterocycles. The molecule has 0 unspecified atom stereocenters. The summed E-state index contributed by atoms with van der Waals surface area (Å²) >= 11 is 0. The predicted molar refractivity (Wildman–Crippen MR) is 121 cm³/mol. The largest absolute Gasteiger partial charge is 0.493 e. The van der Waals surface area contributed by atoms with Crippen LogP contribution < -0.4 is 4.74 Å². The van der Waals surface area contributed by atoms with Crippen molar-refractivity contribution in [2.45, 2.75) is 39.0 Å². The van der Waals surface area contributed by atoms with E-state index in [1.807, 2.05) is 52.3 Å². The highest BCUT2D eigenvalue weighted by Gasteiger charge is 2.24. The molecule has 31 heavy (non-hydrogen) atoms. The van der Waals surface area contributed by atoms with Crippen LogP contribution in [-0.4, -0.2) is 54.4 Å². The number of carbonyl (C=O) groups is 2. The molecule has 0 spiro atoms. The van der Waals surface area contributed by atoms with Gasteiger partial charge in [0.15, 0.2) is 0 Å². The van der Waals surface area contributed by atoms with Gasteiger partial charge in [0, 0.05) is 37.7 Å². The summed E-state index contributed by atoms with van der Waals surface area (Å²) in [6, 6.07) is 15.6. The van der Waals surface area contributed by atoms with Gasteiger partial charge in [-0.2, -0.15) is 0 Å². The summed E-state index contributed by atoms with van der Waals surface area (Å²) in [4.78, 5) is 29.2. The number of hydrogen-bond donors (Lipinski definition) is 0. The van der Waals surface area contributed by atoms with E-state index in [1.165, 1.54) is 5.56 Å². The molecule has 0 radical (unpaired) electrons. The molecular formula is C26H32N2O3. The molecule has 2 fully saturated rings. The number of carbonyl (C=O) groups excluding carboxylic acids is 2. The first-order chi connectivity index (χ1) is 15.1. The molecule has 2 aliphatic rings. The lowest BCUT2D eigenvalue weighted by Gasteiger charge is -2.33. The smallest absolute Gasteiger partial charge is 0.253 e. The van der Waals surface area contributed by atoms with Crippen LogP contribution in [0.2, 0.25) is 0 Å². The van der Waals surface area contributed by atoms with E-state index in [9.17, 15) is 9.59 Å². The number of benzene rings is 2. The average Bonchev–Trinajstić information content (AvgIpc) is 3.34. The molecule has 2 aromatic carbocycles. The van der Waals surface area contributed by atoms with Gasteiger partial charge in [-0.3, -0.25) is 9.59 Å². The fourth-order valence-corrected chi connectivity index (χ4v) is 4.52. The highest BCUT2D eigenvalue weighted by Crippen LogP contribution is 2.21. The third kappa shape index (κ3) is 5.46. The van der Waals surface area contributed by atoms with Crippen molar-refractivity contribution in [2.24, 2.45) is 5.92 Å². The Morgan fingerprint density at radius 3 is 2.39 bits per heavy atom. The van der Waals surface area contributed by atoms with E-state index in [0.717, 1.165) is 68.7 Å². The zero-order valence-corrected chi connectivity index (χ0v) is 18.4. The van der Waals surface area contributed by atoms with Gasteiger partial charge in [0.1, 0.15) is 5.75 Å². The molecular weight excluding hydrogens is 388 g/mol. The van der Waals surface area contributed by atoms with Crippen molar-refractivity contribution in [1.29, 1.82) is 0 Å². The SMILES string of the molecule is Cc1ccccc1CC(=O)N1CCC[C@H](COc2ccc(C(=O)N3CCCC3)cc2)C1. The molecule has 164 valence electrons. The van der Waals surface area contributed by atoms with Crippen LogP contribution >= 0.6 is 0 Å². The van der Waals surface area contributed by atoms with E-state index in [0.29, 0.717) is 18.9 Å². The molecule has 0 saturated carbocycles. The third-order valence-corrected chi connectivity index (χ3v) is 6.45. The molecule has 4 rings (SSSR count). The quantitative estimate of drug-likeness (QED) is 0.707. The lowest BCUT2D eigenvalue weighted by molar-refractivity contribution is -0.132. The summed E-state index contributed by atoms with van der Waals surface area (Å²) in [7, 11) is 0. The highest BCUT2D eigenvalue weighted by atomic mass is 16.5. The van der Waals surface area contributed by atoms with Crippen molar-refractivity contribution in [2.75, 3.05) is 32.8 Å². The standard InChI is InChI=1S/C26H32N2O3/c1-20-7-2-3-9-23(20)17-25(29)28-16-6-8-21(18-28)19-31-24-12-10-22(11-13-24)26(30)27-14-4-5-15-27/h2-3,7,9-13,21H,4-6,8,14-19H2,1H3/t21-/m0/s1. The number of piperidine rings is 1. The number of aryl methyl sites for hydroxylation is 1. The fourth-order valence-electron chi connectivity index (χ4n) is 4.52. The first-order valence-corrected chi connectivity index (χ1v) is 11.4. The minimum absolute atomic E-state index is 0.110. The Kier molecular flexibility index (Phi) is 6.90. The second kappa shape index (κ2) is 9.99. The van der Waals surface area contributed by atoms with Gasteiger partial charge in [-0.15, -0.1) is 0 Å². The minimum atomic E-state index is 0.110. The van der Waals surface area contributed by atoms with Crippen molar-refractivity contribution < 1.29 is 14.3 Å². The first-order valence-electron chi connectivity index (χ1n) is 11.4. The number of amides is 2. The number of hydrogen-bond acceptors (Lipinski definition) is 3. The molecule has 2 aromatic rings. The lowest BCUT2D eigenvalue weighted by Crippen LogP contribution is -2.42. The van der Waals surface area contributed by atoms with Gasteiger partial charge in [0.05, 0.1) is 13.0 Å². The normalized spacial score (nSPS) is 18.8. The van der Waals surface area contributed by atoms with Crippen LogP contribution in [0.15, 0.2) is 48.5 Å². The van der Waals surface area contributed by atoms with Crippen molar-refractivity contribution in [1.82, 2.24) is 9.80 Å². The molecule has 5 nitrogen and oxygen atoms in total. The predicted octanol–water partition coefficient (Wildman–Crippen LogP) is 4.09. The van der Waals surface area contributed by atoms with Crippen LogP contribution in [-0.2, 0) is 11.2 Å². The number of likely N-dealkylation sites (tertiary alicyclic amines) is 2. The summed E-state index contributed by atoms with van der Waals surface area (Å²) in [5.41, 5.74) is 2.99. The Labute approximate surface area is 185 Å². The number of rotatable bonds is 6. The Balaban J connectivity index is 1.27. The van der Waals surface area contributed by atoms with Crippen LogP contribution in [0.3, 0.4) is 0 Å². The van der Waals surface area contributed by atoms with E-state index in [1.54, 1.807) is 0 Å².